The van der Waals surface area contributed by atoms with Crippen molar-refractivity contribution < 1.29 is 22.7 Å². The summed E-state index contributed by atoms with van der Waals surface area (Å²) in [5, 5.41) is 2.91. The number of amides is 1. The molecule has 26 heavy (non-hydrogen) atoms. The van der Waals surface area contributed by atoms with E-state index in [4.69, 9.17) is 9.47 Å². The summed E-state index contributed by atoms with van der Waals surface area (Å²) < 4.78 is 33.2. The molecule has 2 aromatic rings. The second-order valence-electron chi connectivity index (χ2n) is 6.07. The van der Waals surface area contributed by atoms with Gasteiger partial charge >= 0.3 is 0 Å². The van der Waals surface area contributed by atoms with E-state index >= 15 is 0 Å². The first-order valence-electron chi connectivity index (χ1n) is 8.03. The van der Waals surface area contributed by atoms with E-state index in [0.717, 1.165) is 5.56 Å². The van der Waals surface area contributed by atoms with Crippen molar-refractivity contribution in [2.75, 3.05) is 20.5 Å². The van der Waals surface area contributed by atoms with Crippen molar-refractivity contribution in [1.29, 1.82) is 0 Å². The second-order valence-corrected chi connectivity index (χ2v) is 8.21. The third-order valence-electron chi connectivity index (χ3n) is 3.90. The number of ether oxygens (including phenoxy) is 2. The van der Waals surface area contributed by atoms with Gasteiger partial charge in [-0.1, -0.05) is 12.1 Å². The van der Waals surface area contributed by atoms with Crippen molar-refractivity contribution in [3.63, 3.8) is 0 Å². The summed E-state index contributed by atoms with van der Waals surface area (Å²) in [6, 6.07) is 11.6. The average molecular weight is 377 g/mol. The number of rotatable bonds is 7. The van der Waals surface area contributed by atoms with Crippen LogP contribution in [0.2, 0.25) is 0 Å². The Morgan fingerprint density at radius 3 is 2.27 bits per heavy atom. The van der Waals surface area contributed by atoms with Crippen molar-refractivity contribution in [2.45, 2.75) is 18.7 Å². The van der Waals surface area contributed by atoms with Gasteiger partial charge in [0.1, 0.15) is 11.5 Å². The van der Waals surface area contributed by atoms with Crippen LogP contribution in [0.15, 0.2) is 42.5 Å². The highest BCUT2D eigenvalue weighted by Crippen LogP contribution is 2.29. The van der Waals surface area contributed by atoms with E-state index < -0.39 is 9.84 Å². The highest BCUT2D eigenvalue weighted by Gasteiger charge is 2.16. The first kappa shape index (κ1) is 19.8. The van der Waals surface area contributed by atoms with Gasteiger partial charge in [-0.2, -0.15) is 0 Å². The molecule has 0 bridgehead atoms. The minimum Gasteiger partial charge on any atom is -0.497 e. The Labute approximate surface area is 154 Å². The Hall–Kier alpha value is -2.54. The number of hydrogen-bond donors (Lipinski definition) is 1. The molecule has 0 radical (unpaired) electrons. The number of hydrogen-bond acceptors (Lipinski definition) is 5. The summed E-state index contributed by atoms with van der Waals surface area (Å²) in [7, 11) is 0.0401. The molecule has 0 fully saturated rings. The van der Waals surface area contributed by atoms with Crippen molar-refractivity contribution in [3.8, 4) is 11.5 Å². The fourth-order valence-corrected chi connectivity index (χ4v) is 3.39. The Kier molecular flexibility index (Phi) is 6.26. The van der Waals surface area contributed by atoms with Crippen LogP contribution >= 0.6 is 0 Å². The van der Waals surface area contributed by atoms with Crippen LogP contribution in [0, 0.1) is 0 Å². The van der Waals surface area contributed by atoms with E-state index in [0.29, 0.717) is 22.6 Å². The summed E-state index contributed by atoms with van der Waals surface area (Å²) in [4.78, 5) is 12.5. The Balaban J connectivity index is 2.14. The predicted octanol–water partition coefficient (Wildman–Crippen LogP) is 2.74. The van der Waals surface area contributed by atoms with Gasteiger partial charge in [-0.15, -0.1) is 0 Å². The maximum atomic E-state index is 12.5. The molecule has 1 amide bonds. The fraction of sp³-hybridized carbons (Fsp3) is 0.316. The fourth-order valence-electron chi connectivity index (χ4n) is 2.59. The molecule has 1 N–H and O–H groups in total. The van der Waals surface area contributed by atoms with E-state index in [1.807, 2.05) is 13.0 Å². The number of nitrogens with one attached hydrogen (secondary N) is 1. The molecule has 0 unspecified atom stereocenters. The largest absolute Gasteiger partial charge is 0.497 e. The van der Waals surface area contributed by atoms with E-state index in [1.165, 1.54) is 6.26 Å². The van der Waals surface area contributed by atoms with Crippen molar-refractivity contribution >= 4 is 15.7 Å². The van der Waals surface area contributed by atoms with Gasteiger partial charge in [-0.3, -0.25) is 4.79 Å². The van der Waals surface area contributed by atoms with Gasteiger partial charge in [-0.05, 0) is 42.8 Å². The topological polar surface area (TPSA) is 81.7 Å². The van der Waals surface area contributed by atoms with Crippen LogP contribution in [0.3, 0.4) is 0 Å². The van der Waals surface area contributed by atoms with E-state index in [-0.39, 0.29) is 17.7 Å². The van der Waals surface area contributed by atoms with Crippen LogP contribution in [0.25, 0.3) is 0 Å². The smallest absolute Gasteiger partial charge is 0.251 e. The molecule has 0 aromatic heterocycles. The number of carbonyl (C=O) groups is 1. The number of benzene rings is 2. The lowest BCUT2D eigenvalue weighted by atomic mass is 10.1. The normalized spacial score (nSPS) is 12.3. The van der Waals surface area contributed by atoms with Crippen molar-refractivity contribution in [1.82, 2.24) is 5.32 Å². The van der Waals surface area contributed by atoms with Gasteiger partial charge in [0.25, 0.3) is 5.91 Å². The van der Waals surface area contributed by atoms with Gasteiger partial charge in [0.15, 0.2) is 9.84 Å². The van der Waals surface area contributed by atoms with Crippen LogP contribution in [0.1, 0.15) is 34.5 Å². The number of sulfone groups is 1. The standard InChI is InChI=1S/C19H23NO5S/c1-13(17-11-16(24-2)9-10-18(17)25-3)20-19(21)15-7-5-14(6-8-15)12-26(4,22)23/h5-11,13H,12H2,1-4H3,(H,20,21)/t13-/m0/s1. The maximum absolute atomic E-state index is 12.5. The average Bonchev–Trinajstić information content (AvgIpc) is 2.60. The van der Waals surface area contributed by atoms with Gasteiger partial charge in [0, 0.05) is 17.4 Å². The second kappa shape index (κ2) is 8.23. The molecule has 140 valence electrons. The number of carbonyl (C=O) groups excluding carboxylic acids is 1. The van der Waals surface area contributed by atoms with Crippen LogP contribution in [-0.2, 0) is 15.6 Å². The molecule has 0 saturated carbocycles. The van der Waals surface area contributed by atoms with Gasteiger partial charge in [0.05, 0.1) is 26.0 Å². The molecule has 0 saturated heterocycles. The molecule has 7 heteroatoms. The molecular formula is C19H23NO5S. The zero-order chi connectivity index (χ0) is 19.3. The molecule has 2 aromatic carbocycles. The van der Waals surface area contributed by atoms with E-state index in [2.05, 4.69) is 5.32 Å². The lowest BCUT2D eigenvalue weighted by Crippen LogP contribution is -2.27. The molecule has 0 aliphatic carbocycles. The van der Waals surface area contributed by atoms with Gasteiger partial charge < -0.3 is 14.8 Å². The SMILES string of the molecule is COc1ccc(OC)c([C@H](C)NC(=O)c2ccc(CS(C)(=O)=O)cc2)c1. The van der Waals surface area contributed by atoms with E-state index in [1.54, 1.807) is 50.6 Å². The Morgan fingerprint density at radius 2 is 1.73 bits per heavy atom. The van der Waals surface area contributed by atoms with Crippen molar-refractivity contribution in [2.24, 2.45) is 0 Å². The highest BCUT2D eigenvalue weighted by molar-refractivity contribution is 7.89. The van der Waals surface area contributed by atoms with E-state index in [9.17, 15) is 13.2 Å². The molecular weight excluding hydrogens is 354 g/mol. The monoisotopic (exact) mass is 377 g/mol. The molecule has 0 aliphatic heterocycles. The van der Waals surface area contributed by atoms with Crippen LogP contribution in [0.5, 0.6) is 11.5 Å². The van der Waals surface area contributed by atoms with Gasteiger partial charge in [0.2, 0.25) is 0 Å². The first-order chi connectivity index (χ1) is 12.2. The highest BCUT2D eigenvalue weighted by atomic mass is 32.2. The summed E-state index contributed by atoms with van der Waals surface area (Å²) >= 11 is 0. The lowest BCUT2D eigenvalue weighted by molar-refractivity contribution is 0.0939. The van der Waals surface area contributed by atoms with Crippen LogP contribution < -0.4 is 14.8 Å². The van der Waals surface area contributed by atoms with Crippen LogP contribution in [-0.4, -0.2) is 34.8 Å². The summed E-state index contributed by atoms with van der Waals surface area (Å²) in [6.07, 6.45) is 1.18. The zero-order valence-electron chi connectivity index (χ0n) is 15.3. The van der Waals surface area contributed by atoms with Crippen molar-refractivity contribution in [3.05, 3.63) is 59.2 Å². The predicted molar refractivity (Wildman–Crippen MR) is 100 cm³/mol. The molecule has 2 rings (SSSR count). The summed E-state index contributed by atoms with van der Waals surface area (Å²) in [5.74, 6) is 1.02. The summed E-state index contributed by atoms with van der Waals surface area (Å²) in [5.41, 5.74) is 1.90. The number of methoxy groups -OCH3 is 2. The lowest BCUT2D eigenvalue weighted by Gasteiger charge is -2.18. The van der Waals surface area contributed by atoms with Gasteiger partial charge in [-0.25, -0.2) is 8.42 Å². The Bertz CT molecular complexity index is 875. The van der Waals surface area contributed by atoms with Crippen LogP contribution in [0.4, 0.5) is 0 Å². The summed E-state index contributed by atoms with van der Waals surface area (Å²) in [6.45, 7) is 1.85. The third-order valence-corrected chi connectivity index (χ3v) is 4.75. The third kappa shape index (κ3) is 5.23. The quantitative estimate of drug-likeness (QED) is 0.802. The Morgan fingerprint density at radius 1 is 1.08 bits per heavy atom. The first-order valence-corrected chi connectivity index (χ1v) is 10.1. The maximum Gasteiger partial charge on any atom is 0.251 e. The molecule has 6 nitrogen and oxygen atoms in total. The molecule has 0 aliphatic rings. The molecule has 1 atom stereocenters. The molecule has 0 heterocycles. The molecule has 0 spiro atoms. The minimum absolute atomic E-state index is 0.0493. The minimum atomic E-state index is -3.11. The zero-order valence-corrected chi connectivity index (χ0v) is 16.1.